The lowest BCUT2D eigenvalue weighted by atomic mass is 10.3. The van der Waals surface area contributed by atoms with Crippen molar-refractivity contribution < 1.29 is 4.74 Å². The molecule has 0 atom stereocenters. The fourth-order valence-corrected chi connectivity index (χ4v) is 1.17. The molecule has 1 aliphatic carbocycles. The molecule has 1 aliphatic rings. The molecule has 0 fully saturated rings. The van der Waals surface area contributed by atoms with Crippen LogP contribution in [0, 0.1) is 0 Å². The summed E-state index contributed by atoms with van der Waals surface area (Å²) >= 11 is 0. The first-order chi connectivity index (χ1) is 6.34. The predicted molar refractivity (Wildman–Crippen MR) is 52.4 cm³/mol. The molecule has 0 saturated heterocycles. The van der Waals surface area contributed by atoms with Crippen molar-refractivity contribution in [1.29, 1.82) is 0 Å². The zero-order valence-electron chi connectivity index (χ0n) is 7.45. The minimum atomic E-state index is 0.851. The summed E-state index contributed by atoms with van der Waals surface area (Å²) in [7, 11) is 0. The van der Waals surface area contributed by atoms with Crippen LogP contribution in [-0.2, 0) is 0 Å². The molecule has 0 saturated carbocycles. The molecule has 1 aromatic carbocycles. The van der Waals surface area contributed by atoms with Crippen molar-refractivity contribution in [2.24, 2.45) is 0 Å². The van der Waals surface area contributed by atoms with Crippen LogP contribution in [0.5, 0.6) is 5.75 Å². The summed E-state index contributed by atoms with van der Waals surface area (Å²) in [5.41, 5.74) is 4.17. The standard InChI is InChI=1S/C12H10O/c1-10-7-8-12(9-10)13-11-5-3-2-4-6-11/h2-6,8-9H,1H3. The summed E-state index contributed by atoms with van der Waals surface area (Å²) in [6, 6.07) is 9.74. The average molecular weight is 170 g/mol. The lowest BCUT2D eigenvalue weighted by Crippen LogP contribution is -1.89. The fraction of sp³-hybridized carbons (Fsp3) is 0.0833. The first kappa shape index (κ1) is 7.90. The van der Waals surface area contributed by atoms with E-state index < -0.39 is 0 Å². The van der Waals surface area contributed by atoms with Crippen LogP contribution in [0.3, 0.4) is 0 Å². The van der Waals surface area contributed by atoms with E-state index in [-0.39, 0.29) is 0 Å². The molecular formula is C12H10O. The molecule has 2 rings (SSSR count). The van der Waals surface area contributed by atoms with Gasteiger partial charge in [0, 0.05) is 6.08 Å². The van der Waals surface area contributed by atoms with E-state index >= 15 is 0 Å². The van der Waals surface area contributed by atoms with Crippen molar-refractivity contribution in [3.63, 3.8) is 0 Å². The maximum Gasteiger partial charge on any atom is 0.136 e. The first-order valence-corrected chi connectivity index (χ1v) is 4.22. The minimum absolute atomic E-state index is 0.851. The van der Waals surface area contributed by atoms with Gasteiger partial charge < -0.3 is 4.74 Å². The highest BCUT2D eigenvalue weighted by Crippen LogP contribution is 2.16. The number of benzene rings is 1. The molecule has 0 radical (unpaired) electrons. The van der Waals surface area contributed by atoms with Gasteiger partial charge in [0.1, 0.15) is 11.5 Å². The van der Waals surface area contributed by atoms with Crippen LogP contribution < -0.4 is 4.74 Å². The molecule has 0 aliphatic heterocycles. The molecule has 0 spiro atoms. The van der Waals surface area contributed by atoms with Crippen LogP contribution >= 0.6 is 0 Å². The van der Waals surface area contributed by atoms with Gasteiger partial charge in [-0.3, -0.25) is 0 Å². The summed E-state index contributed by atoms with van der Waals surface area (Å²) < 4.78 is 5.57. The lowest BCUT2D eigenvalue weighted by Gasteiger charge is -2.02. The summed E-state index contributed by atoms with van der Waals surface area (Å²) in [5.74, 6) is 1.71. The zero-order valence-corrected chi connectivity index (χ0v) is 7.45. The van der Waals surface area contributed by atoms with E-state index in [0.29, 0.717) is 0 Å². The number of hydrogen-bond donors (Lipinski definition) is 0. The topological polar surface area (TPSA) is 9.23 Å². The van der Waals surface area contributed by atoms with E-state index in [1.54, 1.807) is 0 Å². The van der Waals surface area contributed by atoms with Crippen LogP contribution in [0.4, 0.5) is 0 Å². The van der Waals surface area contributed by atoms with Gasteiger partial charge in [-0.15, -0.1) is 5.73 Å². The molecule has 64 valence electrons. The second kappa shape index (κ2) is 3.34. The minimum Gasteiger partial charge on any atom is -0.457 e. The van der Waals surface area contributed by atoms with Crippen molar-refractivity contribution in [3.8, 4) is 5.75 Å². The Hall–Kier alpha value is -1.72. The van der Waals surface area contributed by atoms with E-state index in [2.05, 4.69) is 5.73 Å². The molecule has 1 nitrogen and oxygen atoms in total. The van der Waals surface area contributed by atoms with Crippen LogP contribution in [0.15, 0.2) is 59.5 Å². The Morgan fingerprint density at radius 2 is 1.92 bits per heavy atom. The van der Waals surface area contributed by atoms with Crippen molar-refractivity contribution in [1.82, 2.24) is 0 Å². The highest BCUT2D eigenvalue weighted by Gasteiger charge is 2.00. The molecule has 0 N–H and O–H groups in total. The van der Waals surface area contributed by atoms with Crippen LogP contribution in [-0.4, -0.2) is 0 Å². The molecule has 0 heterocycles. The van der Waals surface area contributed by atoms with E-state index in [4.69, 9.17) is 4.74 Å². The lowest BCUT2D eigenvalue weighted by molar-refractivity contribution is 0.445. The van der Waals surface area contributed by atoms with Crippen molar-refractivity contribution in [3.05, 3.63) is 59.5 Å². The molecule has 13 heavy (non-hydrogen) atoms. The Bertz CT molecular complexity index is 392. The number of hydrogen-bond acceptors (Lipinski definition) is 1. The van der Waals surface area contributed by atoms with Gasteiger partial charge in [-0.05, 0) is 30.7 Å². The first-order valence-electron chi connectivity index (χ1n) is 4.22. The van der Waals surface area contributed by atoms with Gasteiger partial charge in [-0.2, -0.15) is 0 Å². The van der Waals surface area contributed by atoms with Crippen molar-refractivity contribution >= 4 is 0 Å². The fourth-order valence-electron chi connectivity index (χ4n) is 1.17. The second-order valence-electron chi connectivity index (χ2n) is 2.93. The zero-order chi connectivity index (χ0) is 9.10. The third-order valence-electron chi connectivity index (χ3n) is 1.78. The quantitative estimate of drug-likeness (QED) is 0.620. The summed E-state index contributed by atoms with van der Waals surface area (Å²) in [6.07, 6.45) is 3.81. The summed E-state index contributed by atoms with van der Waals surface area (Å²) in [5, 5.41) is 0. The smallest absolute Gasteiger partial charge is 0.136 e. The largest absolute Gasteiger partial charge is 0.457 e. The van der Waals surface area contributed by atoms with E-state index in [9.17, 15) is 0 Å². The summed E-state index contributed by atoms with van der Waals surface area (Å²) in [4.78, 5) is 0. The van der Waals surface area contributed by atoms with Crippen LogP contribution in [0.1, 0.15) is 6.92 Å². The Kier molecular flexibility index (Phi) is 2.03. The van der Waals surface area contributed by atoms with Gasteiger partial charge in [0.15, 0.2) is 0 Å². The maximum absolute atomic E-state index is 5.57. The highest BCUT2D eigenvalue weighted by molar-refractivity contribution is 5.35. The number of para-hydroxylation sites is 1. The number of ether oxygens (including phenoxy) is 1. The van der Waals surface area contributed by atoms with Gasteiger partial charge in [0.05, 0.1) is 0 Å². The molecule has 1 heteroatoms. The van der Waals surface area contributed by atoms with Gasteiger partial charge >= 0.3 is 0 Å². The molecule has 1 aromatic rings. The van der Waals surface area contributed by atoms with Crippen LogP contribution in [0.2, 0.25) is 0 Å². The van der Waals surface area contributed by atoms with E-state index in [1.807, 2.05) is 49.4 Å². The Labute approximate surface area is 77.7 Å². The maximum atomic E-state index is 5.57. The van der Waals surface area contributed by atoms with Crippen LogP contribution in [0.25, 0.3) is 0 Å². The molecular weight excluding hydrogens is 160 g/mol. The predicted octanol–water partition coefficient (Wildman–Crippen LogP) is 3.06. The molecule has 0 aromatic heterocycles. The van der Waals surface area contributed by atoms with Crippen molar-refractivity contribution in [2.75, 3.05) is 0 Å². The second-order valence-corrected chi connectivity index (χ2v) is 2.93. The van der Waals surface area contributed by atoms with Crippen molar-refractivity contribution in [2.45, 2.75) is 6.92 Å². The van der Waals surface area contributed by atoms with Gasteiger partial charge in [0.25, 0.3) is 0 Å². The Morgan fingerprint density at radius 3 is 2.54 bits per heavy atom. The highest BCUT2D eigenvalue weighted by atomic mass is 16.5. The summed E-state index contributed by atoms with van der Waals surface area (Å²) in [6.45, 7) is 2.00. The van der Waals surface area contributed by atoms with Gasteiger partial charge in [-0.25, -0.2) is 0 Å². The number of allylic oxidation sites excluding steroid dienone is 2. The molecule has 0 unspecified atom stereocenters. The normalized spacial score (nSPS) is 13.9. The SMILES string of the molecule is CC1=C=CC(Oc2ccccc2)=C1. The average Bonchev–Trinajstić information content (AvgIpc) is 2.53. The van der Waals surface area contributed by atoms with E-state index in [0.717, 1.165) is 17.1 Å². The third-order valence-corrected chi connectivity index (χ3v) is 1.78. The van der Waals surface area contributed by atoms with Gasteiger partial charge in [-0.1, -0.05) is 18.2 Å². The van der Waals surface area contributed by atoms with Gasteiger partial charge in [0.2, 0.25) is 0 Å². The van der Waals surface area contributed by atoms with E-state index in [1.165, 1.54) is 0 Å². The third kappa shape index (κ3) is 1.90. The molecule has 0 amide bonds. The monoisotopic (exact) mass is 170 g/mol. The number of rotatable bonds is 2. The Balaban J connectivity index is 2.10. The molecule has 0 bridgehead atoms. The Morgan fingerprint density at radius 1 is 1.15 bits per heavy atom.